The van der Waals surface area contributed by atoms with Crippen molar-refractivity contribution < 1.29 is 5.11 Å². The molecule has 21 heavy (non-hydrogen) atoms. The van der Waals surface area contributed by atoms with Crippen LogP contribution in [0.15, 0.2) is 48.5 Å². The van der Waals surface area contributed by atoms with Crippen LogP contribution in [0.25, 0.3) is 11.0 Å². The Morgan fingerprint density at radius 1 is 1.14 bits per heavy atom. The molecule has 2 aromatic carbocycles. The van der Waals surface area contributed by atoms with Crippen molar-refractivity contribution in [1.29, 1.82) is 0 Å². The zero-order chi connectivity index (χ0) is 14.8. The second kappa shape index (κ2) is 5.48. The fraction of sp³-hybridized carbons (Fsp3) is 0.235. The van der Waals surface area contributed by atoms with Gasteiger partial charge in [0, 0.05) is 12.1 Å². The molecule has 1 aromatic heterocycles. The number of para-hydroxylation sites is 3. The topological polar surface area (TPSA) is 50.1 Å². The van der Waals surface area contributed by atoms with Crippen LogP contribution >= 0.6 is 0 Å². The number of fused-ring (bicyclic) bond motifs is 1. The summed E-state index contributed by atoms with van der Waals surface area (Å²) in [4.78, 5) is 4.65. The van der Waals surface area contributed by atoms with Gasteiger partial charge in [-0.3, -0.25) is 0 Å². The van der Waals surface area contributed by atoms with Gasteiger partial charge in [0.15, 0.2) is 0 Å². The Morgan fingerprint density at radius 2 is 1.86 bits per heavy atom. The molecular weight excluding hydrogens is 262 g/mol. The summed E-state index contributed by atoms with van der Waals surface area (Å²) in [5, 5.41) is 13.4. The highest BCUT2D eigenvalue weighted by atomic mass is 16.3. The zero-order valence-electron chi connectivity index (χ0n) is 12.2. The number of phenols is 1. The minimum absolute atomic E-state index is 0.0201. The monoisotopic (exact) mass is 281 g/mol. The number of hydrogen-bond donors (Lipinski definition) is 2. The molecular formula is C17H19N3O. The van der Waals surface area contributed by atoms with E-state index in [1.807, 2.05) is 43.3 Å². The number of rotatable bonds is 4. The van der Waals surface area contributed by atoms with Gasteiger partial charge in [-0.25, -0.2) is 4.98 Å². The summed E-state index contributed by atoms with van der Waals surface area (Å²) in [6.07, 6.45) is 0. The van der Waals surface area contributed by atoms with E-state index >= 15 is 0 Å². The lowest BCUT2D eigenvalue weighted by atomic mass is 10.1. The van der Waals surface area contributed by atoms with E-state index in [4.69, 9.17) is 0 Å². The molecule has 4 heteroatoms. The number of benzene rings is 2. The predicted molar refractivity (Wildman–Crippen MR) is 85.6 cm³/mol. The molecule has 0 spiro atoms. The fourth-order valence-corrected chi connectivity index (χ4v) is 2.63. The van der Waals surface area contributed by atoms with Gasteiger partial charge in [0.25, 0.3) is 0 Å². The number of phenolic OH excluding ortho intramolecular Hbond substituents is 1. The molecule has 3 aromatic rings. The molecule has 1 atom stereocenters. The maximum Gasteiger partial charge on any atom is 0.204 e. The first-order valence-electron chi connectivity index (χ1n) is 7.20. The fourth-order valence-electron chi connectivity index (χ4n) is 2.63. The van der Waals surface area contributed by atoms with E-state index in [1.54, 1.807) is 6.07 Å². The normalized spacial score (nSPS) is 12.5. The molecule has 3 rings (SSSR count). The molecule has 0 unspecified atom stereocenters. The third kappa shape index (κ3) is 2.44. The van der Waals surface area contributed by atoms with Crippen LogP contribution in [0.2, 0.25) is 0 Å². The molecule has 0 saturated heterocycles. The number of aromatic nitrogens is 2. The van der Waals surface area contributed by atoms with Crippen LogP contribution in [0.4, 0.5) is 5.95 Å². The maximum atomic E-state index is 9.96. The summed E-state index contributed by atoms with van der Waals surface area (Å²) in [6, 6.07) is 15.5. The van der Waals surface area contributed by atoms with Crippen LogP contribution < -0.4 is 5.32 Å². The van der Waals surface area contributed by atoms with Crippen molar-refractivity contribution in [1.82, 2.24) is 9.55 Å². The smallest absolute Gasteiger partial charge is 0.204 e. The summed E-state index contributed by atoms with van der Waals surface area (Å²) in [7, 11) is 0. The first-order valence-corrected chi connectivity index (χ1v) is 7.20. The molecule has 0 fully saturated rings. The largest absolute Gasteiger partial charge is 0.508 e. The number of aryl methyl sites for hydroxylation is 1. The molecule has 1 heterocycles. The van der Waals surface area contributed by atoms with Crippen LogP contribution in [0.1, 0.15) is 25.5 Å². The number of imidazole rings is 1. The molecule has 0 aliphatic carbocycles. The van der Waals surface area contributed by atoms with Crippen LogP contribution in [-0.2, 0) is 6.54 Å². The van der Waals surface area contributed by atoms with Gasteiger partial charge in [-0.15, -0.1) is 0 Å². The van der Waals surface area contributed by atoms with Crippen molar-refractivity contribution in [3.63, 3.8) is 0 Å². The lowest BCUT2D eigenvalue weighted by Crippen LogP contribution is -2.11. The molecule has 0 amide bonds. The molecule has 4 nitrogen and oxygen atoms in total. The van der Waals surface area contributed by atoms with Crippen LogP contribution in [0, 0.1) is 0 Å². The first-order chi connectivity index (χ1) is 10.2. The van der Waals surface area contributed by atoms with E-state index in [1.165, 1.54) is 0 Å². The molecule has 0 aliphatic rings. The van der Waals surface area contributed by atoms with Crippen molar-refractivity contribution in [2.75, 3.05) is 5.32 Å². The highest BCUT2D eigenvalue weighted by Crippen LogP contribution is 2.27. The third-order valence-electron chi connectivity index (χ3n) is 3.72. The number of nitrogens with zero attached hydrogens (tertiary/aromatic N) is 2. The molecule has 0 saturated carbocycles. The Labute approximate surface area is 124 Å². The second-order valence-electron chi connectivity index (χ2n) is 5.09. The lowest BCUT2D eigenvalue weighted by Gasteiger charge is -2.17. The highest BCUT2D eigenvalue weighted by molar-refractivity contribution is 5.78. The standard InChI is InChI=1S/C17H19N3O/c1-3-20-15-10-6-5-9-14(15)19-17(20)18-12(2)13-8-4-7-11-16(13)21/h4-12,21H,3H2,1-2H3,(H,18,19)/t12-/m0/s1. The van der Waals surface area contributed by atoms with E-state index in [2.05, 4.69) is 27.9 Å². The highest BCUT2D eigenvalue weighted by Gasteiger charge is 2.14. The Morgan fingerprint density at radius 3 is 2.62 bits per heavy atom. The molecule has 0 radical (unpaired) electrons. The van der Waals surface area contributed by atoms with Gasteiger partial charge in [-0.05, 0) is 32.0 Å². The number of aromatic hydroxyl groups is 1. The van der Waals surface area contributed by atoms with Crippen molar-refractivity contribution in [3.05, 3.63) is 54.1 Å². The average Bonchev–Trinajstić information content (AvgIpc) is 2.84. The Bertz CT molecular complexity index is 764. The van der Waals surface area contributed by atoms with E-state index in [0.29, 0.717) is 5.75 Å². The van der Waals surface area contributed by atoms with Gasteiger partial charge in [0.2, 0.25) is 5.95 Å². The van der Waals surface area contributed by atoms with Crippen molar-refractivity contribution in [2.45, 2.75) is 26.4 Å². The summed E-state index contributed by atoms with van der Waals surface area (Å²) >= 11 is 0. The lowest BCUT2D eigenvalue weighted by molar-refractivity contribution is 0.465. The second-order valence-corrected chi connectivity index (χ2v) is 5.09. The molecule has 0 bridgehead atoms. The SMILES string of the molecule is CCn1c(N[C@@H](C)c2ccccc2O)nc2ccccc21. The molecule has 108 valence electrons. The van der Waals surface area contributed by atoms with Gasteiger partial charge < -0.3 is 15.0 Å². The van der Waals surface area contributed by atoms with Gasteiger partial charge in [-0.1, -0.05) is 30.3 Å². The van der Waals surface area contributed by atoms with Crippen LogP contribution in [0.5, 0.6) is 5.75 Å². The number of hydrogen-bond acceptors (Lipinski definition) is 3. The number of anilines is 1. The van der Waals surface area contributed by atoms with E-state index < -0.39 is 0 Å². The van der Waals surface area contributed by atoms with E-state index in [-0.39, 0.29) is 6.04 Å². The Balaban J connectivity index is 1.96. The molecule has 2 N–H and O–H groups in total. The summed E-state index contributed by atoms with van der Waals surface area (Å²) in [5.41, 5.74) is 2.96. The van der Waals surface area contributed by atoms with Crippen molar-refractivity contribution >= 4 is 17.0 Å². The van der Waals surface area contributed by atoms with Gasteiger partial charge in [-0.2, -0.15) is 0 Å². The van der Waals surface area contributed by atoms with Crippen molar-refractivity contribution in [2.24, 2.45) is 0 Å². The predicted octanol–water partition coefficient (Wildman–Crippen LogP) is 3.93. The Hall–Kier alpha value is -2.49. The van der Waals surface area contributed by atoms with Crippen LogP contribution in [-0.4, -0.2) is 14.7 Å². The Kier molecular flexibility index (Phi) is 3.52. The van der Waals surface area contributed by atoms with E-state index in [9.17, 15) is 5.11 Å². The van der Waals surface area contributed by atoms with Gasteiger partial charge in [0.1, 0.15) is 5.75 Å². The number of nitrogens with one attached hydrogen (secondary N) is 1. The minimum atomic E-state index is -0.0201. The first kappa shape index (κ1) is 13.5. The minimum Gasteiger partial charge on any atom is -0.508 e. The van der Waals surface area contributed by atoms with E-state index in [0.717, 1.165) is 29.1 Å². The van der Waals surface area contributed by atoms with Crippen molar-refractivity contribution in [3.8, 4) is 5.75 Å². The van der Waals surface area contributed by atoms with Crippen LogP contribution in [0.3, 0.4) is 0 Å². The quantitative estimate of drug-likeness (QED) is 0.761. The summed E-state index contributed by atoms with van der Waals surface area (Å²) in [5.74, 6) is 1.13. The zero-order valence-corrected chi connectivity index (χ0v) is 12.2. The average molecular weight is 281 g/mol. The van der Waals surface area contributed by atoms with Gasteiger partial charge in [0.05, 0.1) is 17.1 Å². The van der Waals surface area contributed by atoms with Gasteiger partial charge >= 0.3 is 0 Å². The summed E-state index contributed by atoms with van der Waals surface area (Å²) in [6.45, 7) is 4.97. The molecule has 0 aliphatic heterocycles. The maximum absolute atomic E-state index is 9.96. The summed E-state index contributed by atoms with van der Waals surface area (Å²) < 4.78 is 2.14. The third-order valence-corrected chi connectivity index (χ3v) is 3.72.